The molecule has 0 unspecified atom stereocenters. The third-order valence-corrected chi connectivity index (χ3v) is 5.00. The van der Waals surface area contributed by atoms with E-state index in [4.69, 9.17) is 11.6 Å². The minimum atomic E-state index is 0.702. The topological polar surface area (TPSA) is 29.9 Å². The van der Waals surface area contributed by atoms with E-state index in [9.17, 15) is 0 Å². The van der Waals surface area contributed by atoms with E-state index in [1.807, 2.05) is 41.2 Å². The standard InChI is InChI=1S/C14H11BrClN3S/c15-11-4-7-20-14(11)9-17-12-8-10(16)2-3-13(12)19-6-1-5-18-19/h1-8,17H,9H2. The molecule has 2 aromatic heterocycles. The number of halogens is 2. The number of nitrogens with one attached hydrogen (secondary N) is 1. The first-order valence-corrected chi connectivity index (χ1v) is 8.04. The summed E-state index contributed by atoms with van der Waals surface area (Å²) in [4.78, 5) is 1.25. The van der Waals surface area contributed by atoms with Gasteiger partial charge in [-0.25, -0.2) is 4.68 Å². The fourth-order valence-corrected chi connectivity index (χ4v) is 3.49. The Labute approximate surface area is 134 Å². The van der Waals surface area contributed by atoms with Gasteiger partial charge in [-0.05, 0) is 51.6 Å². The maximum absolute atomic E-state index is 6.09. The van der Waals surface area contributed by atoms with Crippen molar-refractivity contribution in [2.24, 2.45) is 0 Å². The van der Waals surface area contributed by atoms with Gasteiger partial charge in [0.05, 0.1) is 17.9 Å². The van der Waals surface area contributed by atoms with Crippen molar-refractivity contribution in [1.82, 2.24) is 9.78 Å². The zero-order valence-electron chi connectivity index (χ0n) is 10.4. The van der Waals surface area contributed by atoms with E-state index < -0.39 is 0 Å². The Hall–Kier alpha value is -1.30. The molecule has 102 valence electrons. The van der Waals surface area contributed by atoms with E-state index in [1.54, 1.807) is 17.5 Å². The first kappa shape index (κ1) is 13.7. The lowest BCUT2D eigenvalue weighted by Crippen LogP contribution is -2.04. The molecule has 0 bridgehead atoms. The van der Waals surface area contributed by atoms with Gasteiger partial charge >= 0.3 is 0 Å². The Bertz CT molecular complexity index is 709. The molecule has 0 radical (unpaired) electrons. The minimum Gasteiger partial charge on any atom is -0.378 e. The highest BCUT2D eigenvalue weighted by Crippen LogP contribution is 2.27. The summed E-state index contributed by atoms with van der Waals surface area (Å²) in [6.07, 6.45) is 3.67. The Morgan fingerprint density at radius 3 is 2.95 bits per heavy atom. The van der Waals surface area contributed by atoms with E-state index in [1.165, 1.54) is 4.88 Å². The van der Waals surface area contributed by atoms with Crippen molar-refractivity contribution in [3.05, 3.63) is 62.5 Å². The van der Waals surface area contributed by atoms with Crippen LogP contribution in [0.3, 0.4) is 0 Å². The lowest BCUT2D eigenvalue weighted by atomic mass is 10.2. The molecule has 0 spiro atoms. The quantitative estimate of drug-likeness (QED) is 0.705. The molecule has 1 aromatic carbocycles. The second-order valence-electron chi connectivity index (χ2n) is 4.16. The summed E-state index contributed by atoms with van der Waals surface area (Å²) < 4.78 is 2.94. The smallest absolute Gasteiger partial charge is 0.0877 e. The third kappa shape index (κ3) is 2.90. The lowest BCUT2D eigenvalue weighted by molar-refractivity contribution is 0.879. The van der Waals surface area contributed by atoms with Gasteiger partial charge in [0.15, 0.2) is 0 Å². The van der Waals surface area contributed by atoms with Gasteiger partial charge in [0.25, 0.3) is 0 Å². The van der Waals surface area contributed by atoms with Gasteiger partial charge in [-0.15, -0.1) is 11.3 Å². The Balaban J connectivity index is 1.88. The van der Waals surface area contributed by atoms with Crippen LogP contribution < -0.4 is 5.32 Å². The molecule has 0 saturated heterocycles. The van der Waals surface area contributed by atoms with Crippen LogP contribution in [-0.4, -0.2) is 9.78 Å². The molecule has 0 amide bonds. The Morgan fingerprint density at radius 1 is 1.35 bits per heavy atom. The normalized spacial score (nSPS) is 10.7. The van der Waals surface area contributed by atoms with E-state index in [2.05, 4.69) is 31.7 Å². The minimum absolute atomic E-state index is 0.702. The maximum atomic E-state index is 6.09. The number of hydrogen-bond donors (Lipinski definition) is 1. The van der Waals surface area contributed by atoms with Crippen LogP contribution in [0.1, 0.15) is 4.88 Å². The van der Waals surface area contributed by atoms with Crippen molar-refractivity contribution in [2.45, 2.75) is 6.54 Å². The van der Waals surface area contributed by atoms with Crippen LogP contribution in [0.25, 0.3) is 5.69 Å². The molecule has 0 saturated carbocycles. The van der Waals surface area contributed by atoms with Gasteiger partial charge in [-0.3, -0.25) is 0 Å². The van der Waals surface area contributed by atoms with Gasteiger partial charge in [0.2, 0.25) is 0 Å². The van der Waals surface area contributed by atoms with Crippen LogP contribution >= 0.6 is 38.9 Å². The van der Waals surface area contributed by atoms with Gasteiger partial charge in [0, 0.05) is 26.8 Å². The molecule has 0 aliphatic rings. The predicted molar refractivity (Wildman–Crippen MR) is 87.9 cm³/mol. The first-order chi connectivity index (χ1) is 9.74. The molecule has 0 atom stereocenters. The second kappa shape index (κ2) is 5.99. The van der Waals surface area contributed by atoms with Crippen LogP contribution in [-0.2, 0) is 6.54 Å². The molecule has 20 heavy (non-hydrogen) atoms. The van der Waals surface area contributed by atoms with E-state index in [0.717, 1.165) is 22.4 Å². The van der Waals surface area contributed by atoms with E-state index >= 15 is 0 Å². The number of aromatic nitrogens is 2. The molecular weight excluding hydrogens is 358 g/mol. The summed E-state index contributed by atoms with van der Waals surface area (Å²) in [6.45, 7) is 0.743. The molecule has 3 aromatic rings. The zero-order valence-corrected chi connectivity index (χ0v) is 13.5. The van der Waals surface area contributed by atoms with E-state index in [0.29, 0.717) is 5.02 Å². The molecule has 6 heteroatoms. The van der Waals surface area contributed by atoms with Crippen LogP contribution in [0.4, 0.5) is 5.69 Å². The Kier molecular flexibility index (Phi) is 4.10. The average Bonchev–Trinajstić information content (AvgIpc) is 3.08. The highest BCUT2D eigenvalue weighted by atomic mass is 79.9. The molecule has 2 heterocycles. The summed E-state index contributed by atoms with van der Waals surface area (Å²) in [7, 11) is 0. The van der Waals surface area contributed by atoms with Crippen LogP contribution in [0.5, 0.6) is 0 Å². The van der Waals surface area contributed by atoms with Crippen LogP contribution in [0.2, 0.25) is 5.02 Å². The van der Waals surface area contributed by atoms with Crippen molar-refractivity contribution in [2.75, 3.05) is 5.32 Å². The summed E-state index contributed by atoms with van der Waals surface area (Å²) in [5.74, 6) is 0. The van der Waals surface area contributed by atoms with Crippen molar-refractivity contribution in [1.29, 1.82) is 0 Å². The number of benzene rings is 1. The fourth-order valence-electron chi connectivity index (χ4n) is 1.89. The van der Waals surface area contributed by atoms with Crippen molar-refractivity contribution >= 4 is 44.6 Å². The fraction of sp³-hybridized carbons (Fsp3) is 0.0714. The first-order valence-electron chi connectivity index (χ1n) is 5.99. The van der Waals surface area contributed by atoms with Crippen LogP contribution in [0.15, 0.2) is 52.6 Å². The molecular formula is C14H11BrClN3S. The molecule has 0 fully saturated rings. The van der Waals surface area contributed by atoms with Crippen molar-refractivity contribution in [3.63, 3.8) is 0 Å². The molecule has 1 N–H and O–H groups in total. The van der Waals surface area contributed by atoms with Gasteiger partial charge in [0.1, 0.15) is 0 Å². The summed E-state index contributed by atoms with van der Waals surface area (Å²) in [5, 5.41) is 10.5. The largest absolute Gasteiger partial charge is 0.378 e. The van der Waals surface area contributed by atoms with Crippen LogP contribution in [0, 0.1) is 0 Å². The maximum Gasteiger partial charge on any atom is 0.0877 e. The van der Waals surface area contributed by atoms with Gasteiger partial charge in [-0.1, -0.05) is 11.6 Å². The summed E-state index contributed by atoms with van der Waals surface area (Å²) >= 11 is 11.3. The second-order valence-corrected chi connectivity index (χ2v) is 6.45. The summed E-state index contributed by atoms with van der Waals surface area (Å²) in [5.41, 5.74) is 1.94. The van der Waals surface area contributed by atoms with Gasteiger partial charge < -0.3 is 5.32 Å². The predicted octanol–water partition coefficient (Wildman–Crippen LogP) is 4.96. The molecule has 0 aliphatic carbocycles. The monoisotopic (exact) mass is 367 g/mol. The number of nitrogens with zero attached hydrogens (tertiary/aromatic N) is 2. The molecule has 3 rings (SSSR count). The number of anilines is 1. The number of hydrogen-bond acceptors (Lipinski definition) is 3. The Morgan fingerprint density at radius 2 is 2.25 bits per heavy atom. The highest BCUT2D eigenvalue weighted by molar-refractivity contribution is 9.10. The average molecular weight is 369 g/mol. The SMILES string of the molecule is Clc1ccc(-n2cccn2)c(NCc2sccc2Br)c1. The van der Waals surface area contributed by atoms with E-state index in [-0.39, 0.29) is 0 Å². The zero-order chi connectivity index (χ0) is 13.9. The number of thiophene rings is 1. The van der Waals surface area contributed by atoms with Crippen molar-refractivity contribution < 1.29 is 0 Å². The highest BCUT2D eigenvalue weighted by Gasteiger charge is 2.07. The van der Waals surface area contributed by atoms with Crippen molar-refractivity contribution in [3.8, 4) is 5.69 Å². The lowest BCUT2D eigenvalue weighted by Gasteiger charge is -2.12. The van der Waals surface area contributed by atoms with Gasteiger partial charge in [-0.2, -0.15) is 5.10 Å². The summed E-state index contributed by atoms with van der Waals surface area (Å²) in [6, 6.07) is 9.69. The third-order valence-electron chi connectivity index (χ3n) is 2.84. The molecule has 0 aliphatic heterocycles. The number of rotatable bonds is 4. The molecule has 3 nitrogen and oxygen atoms in total.